The summed E-state index contributed by atoms with van der Waals surface area (Å²) in [6.07, 6.45) is 3.50. The number of carbonyl (C=O) groups excluding carboxylic acids is 1. The van der Waals surface area contributed by atoms with E-state index >= 15 is 0 Å². The predicted octanol–water partition coefficient (Wildman–Crippen LogP) is 4.31. The van der Waals surface area contributed by atoms with Crippen LogP contribution in [0, 0.1) is 11.8 Å². The lowest BCUT2D eigenvalue weighted by Crippen LogP contribution is -2.44. The van der Waals surface area contributed by atoms with Crippen LogP contribution in [0.15, 0.2) is 30.5 Å². The minimum absolute atomic E-state index is 0.0482. The number of nitrogens with one attached hydrogen (secondary N) is 1. The van der Waals surface area contributed by atoms with E-state index in [2.05, 4.69) is 10.3 Å². The molecule has 1 fully saturated rings. The second-order valence-corrected chi connectivity index (χ2v) is 6.49. The van der Waals surface area contributed by atoms with Crippen molar-refractivity contribution in [2.24, 2.45) is 0 Å². The van der Waals surface area contributed by atoms with Crippen molar-refractivity contribution in [3.8, 4) is 0 Å². The lowest BCUT2D eigenvalue weighted by molar-refractivity contribution is 0.178. The smallest absolute Gasteiger partial charge is 0.314 e. The minimum Gasteiger partial charge on any atom is -0.314 e. The van der Waals surface area contributed by atoms with E-state index in [-0.39, 0.29) is 23.1 Å². The zero-order chi connectivity index (χ0) is 16.8. The highest BCUT2D eigenvalue weighted by molar-refractivity contribution is 6.31. The summed E-state index contributed by atoms with van der Waals surface area (Å²) in [4.78, 5) is 18.1. The van der Waals surface area contributed by atoms with Crippen LogP contribution < -0.4 is 5.32 Å². The summed E-state index contributed by atoms with van der Waals surface area (Å²) in [5, 5.41) is 2.70. The number of benzene rings is 1. The maximum Gasteiger partial charge on any atom is 0.322 e. The number of aromatic nitrogens is 1. The SMILES string of the molecule is O=C(Nc1ccc(F)c(Cl)c1)N1[C@@H]2CC[C@H]1c1ccnc(F)c1C2. The third-order valence-corrected chi connectivity index (χ3v) is 5.04. The third kappa shape index (κ3) is 2.41. The molecule has 2 bridgehead atoms. The molecule has 24 heavy (non-hydrogen) atoms. The second kappa shape index (κ2) is 5.70. The third-order valence-electron chi connectivity index (χ3n) is 4.75. The predicted molar refractivity (Wildman–Crippen MR) is 85.9 cm³/mol. The molecule has 0 spiro atoms. The topological polar surface area (TPSA) is 45.2 Å². The van der Waals surface area contributed by atoms with Crippen molar-refractivity contribution >= 4 is 23.3 Å². The quantitative estimate of drug-likeness (QED) is 0.780. The molecule has 1 N–H and O–H groups in total. The molecule has 0 saturated carbocycles. The van der Waals surface area contributed by atoms with Crippen LogP contribution in [0.1, 0.15) is 30.0 Å². The number of hydrogen-bond donors (Lipinski definition) is 1. The first kappa shape index (κ1) is 15.3. The standard InChI is InChI=1S/C17H14ClF2N3O/c18-13-7-9(1-3-14(13)19)22-17(24)23-10-2-4-15(23)11-5-6-21-16(20)12(11)8-10/h1,3,5-7,10,15H,2,4,8H2,(H,22,24)/t10-,15+/m1/s1. The molecule has 2 amide bonds. The van der Waals surface area contributed by atoms with E-state index in [1.165, 1.54) is 24.4 Å². The molecule has 4 nitrogen and oxygen atoms in total. The molecule has 3 heterocycles. The Kier molecular flexibility index (Phi) is 3.64. The molecule has 2 aliphatic heterocycles. The molecule has 1 aromatic heterocycles. The lowest BCUT2D eigenvalue weighted by atomic mass is 9.95. The van der Waals surface area contributed by atoms with Crippen LogP contribution in [0.3, 0.4) is 0 Å². The zero-order valence-electron chi connectivity index (χ0n) is 12.6. The number of amides is 2. The number of fused-ring (bicyclic) bond motifs is 4. The Balaban J connectivity index is 1.61. The van der Waals surface area contributed by atoms with Gasteiger partial charge in [-0.1, -0.05) is 11.6 Å². The zero-order valence-corrected chi connectivity index (χ0v) is 13.4. The summed E-state index contributed by atoms with van der Waals surface area (Å²) in [5.74, 6) is -0.987. The van der Waals surface area contributed by atoms with E-state index in [1.807, 2.05) is 0 Å². The maximum absolute atomic E-state index is 13.9. The van der Waals surface area contributed by atoms with Crippen LogP contribution in [0.25, 0.3) is 0 Å². The van der Waals surface area contributed by atoms with Gasteiger partial charge in [0.05, 0.1) is 11.1 Å². The lowest BCUT2D eigenvalue weighted by Gasteiger charge is -2.36. The van der Waals surface area contributed by atoms with E-state index in [4.69, 9.17) is 11.6 Å². The first-order valence-corrected chi connectivity index (χ1v) is 8.10. The van der Waals surface area contributed by atoms with E-state index in [9.17, 15) is 13.6 Å². The Morgan fingerprint density at radius 1 is 1.29 bits per heavy atom. The second-order valence-electron chi connectivity index (χ2n) is 6.09. The minimum atomic E-state index is -0.537. The summed E-state index contributed by atoms with van der Waals surface area (Å²) < 4.78 is 27.2. The van der Waals surface area contributed by atoms with Crippen LogP contribution in [0.4, 0.5) is 19.3 Å². The molecule has 0 aliphatic carbocycles. The molecular weight excluding hydrogens is 336 g/mol. The number of rotatable bonds is 1. The van der Waals surface area contributed by atoms with E-state index < -0.39 is 11.8 Å². The Morgan fingerprint density at radius 2 is 2.12 bits per heavy atom. The van der Waals surface area contributed by atoms with E-state index in [0.29, 0.717) is 17.7 Å². The van der Waals surface area contributed by atoms with Gasteiger partial charge in [-0.05, 0) is 49.1 Å². The largest absolute Gasteiger partial charge is 0.322 e. The van der Waals surface area contributed by atoms with E-state index in [0.717, 1.165) is 18.4 Å². The molecule has 2 atom stereocenters. The van der Waals surface area contributed by atoms with Crippen LogP contribution in [0.5, 0.6) is 0 Å². The van der Waals surface area contributed by atoms with Gasteiger partial charge in [0.25, 0.3) is 0 Å². The van der Waals surface area contributed by atoms with Gasteiger partial charge in [0.1, 0.15) is 5.82 Å². The summed E-state index contributed by atoms with van der Waals surface area (Å²) in [6.45, 7) is 0. The molecular formula is C17H14ClF2N3O. The molecule has 2 aliphatic rings. The molecule has 0 radical (unpaired) electrons. The normalized spacial score (nSPS) is 21.5. The van der Waals surface area contributed by atoms with Crippen LogP contribution >= 0.6 is 11.6 Å². The fourth-order valence-corrected chi connectivity index (χ4v) is 3.87. The van der Waals surface area contributed by atoms with Crippen LogP contribution in [0.2, 0.25) is 5.02 Å². The fraction of sp³-hybridized carbons (Fsp3) is 0.294. The van der Waals surface area contributed by atoms with Crippen molar-refractivity contribution in [2.45, 2.75) is 31.3 Å². The van der Waals surface area contributed by atoms with Crippen molar-refractivity contribution in [1.29, 1.82) is 0 Å². The van der Waals surface area contributed by atoms with Gasteiger partial charge in [0.15, 0.2) is 0 Å². The number of pyridine rings is 1. The molecule has 0 unspecified atom stereocenters. The average Bonchev–Trinajstić information content (AvgIpc) is 2.87. The Bertz CT molecular complexity index is 829. The molecule has 2 aromatic rings. The van der Waals surface area contributed by atoms with Gasteiger partial charge < -0.3 is 10.2 Å². The summed E-state index contributed by atoms with van der Waals surface area (Å²) in [6, 6.07) is 5.32. The highest BCUT2D eigenvalue weighted by Crippen LogP contribution is 2.44. The van der Waals surface area contributed by atoms with Gasteiger partial charge in [0.2, 0.25) is 5.95 Å². The van der Waals surface area contributed by atoms with E-state index in [1.54, 1.807) is 11.0 Å². The monoisotopic (exact) mass is 349 g/mol. The first-order chi connectivity index (χ1) is 11.5. The number of halogens is 3. The summed E-state index contributed by atoms with van der Waals surface area (Å²) in [5.41, 5.74) is 1.86. The molecule has 1 aromatic carbocycles. The fourth-order valence-electron chi connectivity index (χ4n) is 3.69. The average molecular weight is 350 g/mol. The van der Waals surface area contributed by atoms with Gasteiger partial charge in [-0.2, -0.15) is 4.39 Å². The summed E-state index contributed by atoms with van der Waals surface area (Å²) >= 11 is 5.75. The highest BCUT2D eigenvalue weighted by Gasteiger charge is 2.43. The number of hydrogen-bond acceptors (Lipinski definition) is 2. The Labute approximate surface area is 142 Å². The number of urea groups is 1. The molecule has 4 rings (SSSR count). The van der Waals surface area contributed by atoms with Crippen molar-refractivity contribution in [3.05, 3.63) is 58.4 Å². The number of carbonyl (C=O) groups is 1. The Hall–Kier alpha value is -2.21. The van der Waals surface area contributed by atoms with Gasteiger partial charge in [0, 0.05) is 23.5 Å². The van der Waals surface area contributed by atoms with Gasteiger partial charge in [-0.3, -0.25) is 0 Å². The van der Waals surface area contributed by atoms with Crippen molar-refractivity contribution < 1.29 is 13.6 Å². The van der Waals surface area contributed by atoms with Crippen LogP contribution in [-0.2, 0) is 6.42 Å². The number of anilines is 1. The van der Waals surface area contributed by atoms with Gasteiger partial charge in [-0.25, -0.2) is 14.2 Å². The molecule has 1 saturated heterocycles. The van der Waals surface area contributed by atoms with Crippen molar-refractivity contribution in [3.63, 3.8) is 0 Å². The van der Waals surface area contributed by atoms with Gasteiger partial charge in [-0.15, -0.1) is 0 Å². The van der Waals surface area contributed by atoms with Crippen molar-refractivity contribution in [1.82, 2.24) is 9.88 Å². The Morgan fingerprint density at radius 3 is 2.92 bits per heavy atom. The first-order valence-electron chi connectivity index (χ1n) is 7.72. The van der Waals surface area contributed by atoms with Crippen molar-refractivity contribution in [2.75, 3.05) is 5.32 Å². The molecule has 124 valence electrons. The van der Waals surface area contributed by atoms with Crippen LogP contribution in [-0.4, -0.2) is 22.0 Å². The highest BCUT2D eigenvalue weighted by atomic mass is 35.5. The number of nitrogens with zero attached hydrogens (tertiary/aromatic N) is 2. The summed E-state index contributed by atoms with van der Waals surface area (Å²) in [7, 11) is 0. The van der Waals surface area contributed by atoms with Gasteiger partial charge >= 0.3 is 6.03 Å². The maximum atomic E-state index is 13.9. The molecule has 7 heteroatoms.